The number of carbonyl (C=O) groups is 1. The molecule has 0 bridgehead atoms. The first-order valence-corrected chi connectivity index (χ1v) is 7.12. The van der Waals surface area contributed by atoms with Crippen LogP contribution in [0.5, 0.6) is 0 Å². The van der Waals surface area contributed by atoms with E-state index in [0.29, 0.717) is 10.6 Å². The summed E-state index contributed by atoms with van der Waals surface area (Å²) in [6.45, 7) is 3.45. The number of nitrogens with zero attached hydrogens (tertiary/aromatic N) is 1. The summed E-state index contributed by atoms with van der Waals surface area (Å²) in [5, 5.41) is 1.55. The molecule has 0 unspecified atom stereocenters. The topological polar surface area (TPSA) is 30.0 Å². The zero-order valence-corrected chi connectivity index (χ0v) is 12.6. The summed E-state index contributed by atoms with van der Waals surface area (Å²) >= 11 is 6.14. The average molecular weight is 296 g/mol. The second-order valence-corrected chi connectivity index (χ2v) is 5.47. The Morgan fingerprint density at radius 3 is 2.48 bits per heavy atom. The maximum absolute atomic E-state index is 12.1. The van der Waals surface area contributed by atoms with Crippen molar-refractivity contribution < 1.29 is 4.79 Å². The number of fused-ring (bicyclic) bond motifs is 1. The highest BCUT2D eigenvalue weighted by atomic mass is 35.5. The molecule has 0 aliphatic rings. The third kappa shape index (κ3) is 2.43. The van der Waals surface area contributed by atoms with Gasteiger partial charge in [0.2, 0.25) is 0 Å². The lowest BCUT2D eigenvalue weighted by atomic mass is 9.92. The maximum atomic E-state index is 12.1. The molecule has 1 aromatic heterocycles. The molecule has 0 radical (unpaired) electrons. The van der Waals surface area contributed by atoms with Crippen molar-refractivity contribution >= 4 is 28.3 Å². The second-order valence-electron chi connectivity index (χ2n) is 5.03. The predicted octanol–water partition coefficient (Wildman–Crippen LogP) is 5.07. The fraction of sp³-hybridized carbons (Fsp3) is 0.111. The Balaban J connectivity index is 2.50. The van der Waals surface area contributed by atoms with E-state index in [9.17, 15) is 4.79 Å². The molecule has 3 rings (SSSR count). The van der Waals surface area contributed by atoms with Crippen LogP contribution in [0.4, 0.5) is 0 Å². The number of aromatic nitrogens is 1. The van der Waals surface area contributed by atoms with E-state index in [1.807, 2.05) is 55.5 Å². The fourth-order valence-corrected chi connectivity index (χ4v) is 2.87. The van der Waals surface area contributed by atoms with Crippen LogP contribution in [0.25, 0.3) is 22.0 Å². The minimum absolute atomic E-state index is 0.0146. The van der Waals surface area contributed by atoms with E-state index in [2.05, 4.69) is 4.98 Å². The van der Waals surface area contributed by atoms with Crippen LogP contribution in [0, 0.1) is 6.92 Å². The quantitative estimate of drug-likeness (QED) is 0.618. The third-order valence-electron chi connectivity index (χ3n) is 3.54. The summed E-state index contributed by atoms with van der Waals surface area (Å²) in [6.07, 6.45) is 0. The number of pyridine rings is 1. The molecule has 3 heteroatoms. The molecule has 0 fully saturated rings. The van der Waals surface area contributed by atoms with E-state index in [-0.39, 0.29) is 5.78 Å². The van der Waals surface area contributed by atoms with Crippen LogP contribution < -0.4 is 0 Å². The molecule has 0 aliphatic carbocycles. The van der Waals surface area contributed by atoms with E-state index in [4.69, 9.17) is 11.6 Å². The van der Waals surface area contributed by atoms with Gasteiger partial charge in [0.25, 0.3) is 0 Å². The molecule has 21 heavy (non-hydrogen) atoms. The number of benzene rings is 2. The number of halogens is 1. The summed E-state index contributed by atoms with van der Waals surface area (Å²) in [7, 11) is 0. The molecule has 1 heterocycles. The van der Waals surface area contributed by atoms with Gasteiger partial charge in [-0.25, -0.2) is 0 Å². The lowest BCUT2D eigenvalue weighted by Gasteiger charge is -2.14. The second kappa shape index (κ2) is 5.30. The number of hydrogen-bond acceptors (Lipinski definition) is 2. The first-order valence-electron chi connectivity index (χ1n) is 6.74. The molecule has 0 saturated heterocycles. The van der Waals surface area contributed by atoms with Gasteiger partial charge in [0.05, 0.1) is 5.52 Å². The van der Waals surface area contributed by atoms with Gasteiger partial charge in [-0.1, -0.05) is 41.9 Å². The lowest BCUT2D eigenvalue weighted by Crippen LogP contribution is -2.03. The molecule has 0 aliphatic heterocycles. The van der Waals surface area contributed by atoms with Crippen molar-refractivity contribution in [2.45, 2.75) is 13.8 Å². The molecule has 3 aromatic rings. The highest BCUT2D eigenvalue weighted by Crippen LogP contribution is 2.34. The van der Waals surface area contributed by atoms with Gasteiger partial charge in [-0.2, -0.15) is 0 Å². The summed E-state index contributed by atoms with van der Waals surface area (Å²) < 4.78 is 0. The number of aryl methyl sites for hydroxylation is 1. The van der Waals surface area contributed by atoms with Crippen molar-refractivity contribution in [3.8, 4) is 11.1 Å². The number of carbonyl (C=O) groups excluding carboxylic acids is 1. The van der Waals surface area contributed by atoms with E-state index in [1.54, 1.807) is 6.92 Å². The normalized spacial score (nSPS) is 10.8. The fourth-order valence-electron chi connectivity index (χ4n) is 2.69. The van der Waals surface area contributed by atoms with Gasteiger partial charge < -0.3 is 0 Å². The molecular weight excluding hydrogens is 282 g/mol. The average Bonchev–Trinajstić information content (AvgIpc) is 2.47. The first kappa shape index (κ1) is 13.8. The van der Waals surface area contributed by atoms with Crippen molar-refractivity contribution in [3.63, 3.8) is 0 Å². The molecule has 2 aromatic carbocycles. The smallest absolute Gasteiger partial charge is 0.162 e. The highest BCUT2D eigenvalue weighted by molar-refractivity contribution is 6.31. The van der Waals surface area contributed by atoms with Gasteiger partial charge in [-0.05, 0) is 37.6 Å². The van der Waals surface area contributed by atoms with Crippen LogP contribution in [0.3, 0.4) is 0 Å². The van der Waals surface area contributed by atoms with E-state index in [1.165, 1.54) is 0 Å². The molecule has 0 saturated carbocycles. The van der Waals surface area contributed by atoms with Crippen LogP contribution in [0.2, 0.25) is 5.02 Å². The van der Waals surface area contributed by atoms with Gasteiger partial charge in [-0.3, -0.25) is 9.78 Å². The summed E-state index contributed by atoms with van der Waals surface area (Å²) in [5.74, 6) is 0.0146. The zero-order valence-electron chi connectivity index (χ0n) is 11.9. The molecule has 0 atom stereocenters. The Morgan fingerprint density at radius 2 is 1.81 bits per heavy atom. The van der Waals surface area contributed by atoms with Gasteiger partial charge in [-0.15, -0.1) is 0 Å². The van der Waals surface area contributed by atoms with Gasteiger partial charge >= 0.3 is 0 Å². The maximum Gasteiger partial charge on any atom is 0.162 e. The van der Waals surface area contributed by atoms with Crippen molar-refractivity contribution in [2.24, 2.45) is 0 Å². The SMILES string of the molecule is CC(=O)c1c(C)nc2ccc(Cl)cc2c1-c1ccccc1. The molecule has 2 nitrogen and oxygen atoms in total. The van der Waals surface area contributed by atoms with Gasteiger partial charge in [0.15, 0.2) is 5.78 Å². The Morgan fingerprint density at radius 1 is 1.10 bits per heavy atom. The van der Waals surface area contributed by atoms with Crippen molar-refractivity contribution in [2.75, 3.05) is 0 Å². The van der Waals surface area contributed by atoms with Gasteiger partial charge in [0, 0.05) is 27.2 Å². The molecule has 0 spiro atoms. The molecule has 104 valence electrons. The Bertz CT molecular complexity index is 841. The summed E-state index contributed by atoms with van der Waals surface area (Å²) in [6, 6.07) is 15.5. The first-order chi connectivity index (χ1) is 10.1. The zero-order chi connectivity index (χ0) is 15.0. The summed E-state index contributed by atoms with van der Waals surface area (Å²) in [5.41, 5.74) is 4.17. The number of hydrogen-bond donors (Lipinski definition) is 0. The Kier molecular flexibility index (Phi) is 3.48. The van der Waals surface area contributed by atoms with Crippen molar-refractivity contribution in [1.82, 2.24) is 4.98 Å². The highest BCUT2D eigenvalue weighted by Gasteiger charge is 2.17. The van der Waals surface area contributed by atoms with Crippen LogP contribution in [-0.4, -0.2) is 10.8 Å². The molecule has 0 amide bonds. The van der Waals surface area contributed by atoms with Crippen LogP contribution >= 0.6 is 11.6 Å². The number of rotatable bonds is 2. The number of Topliss-reactive ketones (excluding diaryl/α,β-unsaturated/α-hetero) is 1. The Labute approximate surface area is 128 Å². The van der Waals surface area contributed by atoms with Crippen molar-refractivity contribution in [3.05, 3.63) is 64.8 Å². The van der Waals surface area contributed by atoms with Crippen LogP contribution in [0.1, 0.15) is 23.0 Å². The third-order valence-corrected chi connectivity index (χ3v) is 3.78. The van der Waals surface area contributed by atoms with E-state index < -0.39 is 0 Å². The van der Waals surface area contributed by atoms with Crippen LogP contribution in [-0.2, 0) is 0 Å². The standard InChI is InChI=1S/C18H14ClNO/c1-11-17(12(2)21)18(13-6-4-3-5-7-13)15-10-14(19)8-9-16(15)20-11/h3-10H,1-2H3. The molecule has 0 N–H and O–H groups in total. The minimum Gasteiger partial charge on any atom is -0.294 e. The van der Waals surface area contributed by atoms with E-state index in [0.717, 1.165) is 27.7 Å². The summed E-state index contributed by atoms with van der Waals surface area (Å²) in [4.78, 5) is 16.7. The van der Waals surface area contributed by atoms with E-state index >= 15 is 0 Å². The van der Waals surface area contributed by atoms with Crippen molar-refractivity contribution in [1.29, 1.82) is 0 Å². The minimum atomic E-state index is 0.0146. The molecular formula is C18H14ClNO. The van der Waals surface area contributed by atoms with Crippen LogP contribution in [0.15, 0.2) is 48.5 Å². The monoisotopic (exact) mass is 295 g/mol. The Hall–Kier alpha value is -2.19. The number of ketones is 1. The van der Waals surface area contributed by atoms with Gasteiger partial charge in [0.1, 0.15) is 0 Å². The predicted molar refractivity (Wildman–Crippen MR) is 86.9 cm³/mol. The lowest BCUT2D eigenvalue weighted by molar-refractivity contribution is 0.101. The largest absolute Gasteiger partial charge is 0.294 e.